The standard InChI is InChI=1S/C14H22N2S2/c1-15-7-9-16(10-8-15)13-3-5-14(6-4-13)18-12-11-17-2/h3-6H,7-12H2,1-2H3. The summed E-state index contributed by atoms with van der Waals surface area (Å²) in [6.45, 7) is 4.64. The first-order valence-corrected chi connectivity index (χ1v) is 8.83. The number of rotatable bonds is 5. The first kappa shape index (κ1) is 14.1. The van der Waals surface area contributed by atoms with Gasteiger partial charge in [0.15, 0.2) is 0 Å². The van der Waals surface area contributed by atoms with Gasteiger partial charge in [0.05, 0.1) is 0 Å². The SMILES string of the molecule is CSCCSc1ccc(N2CCN(C)CC2)cc1. The number of benzene rings is 1. The Balaban J connectivity index is 1.87. The van der Waals surface area contributed by atoms with Crippen LogP contribution in [0.2, 0.25) is 0 Å². The summed E-state index contributed by atoms with van der Waals surface area (Å²) in [5, 5.41) is 0. The molecule has 18 heavy (non-hydrogen) atoms. The molecule has 1 fully saturated rings. The fraction of sp³-hybridized carbons (Fsp3) is 0.571. The van der Waals surface area contributed by atoms with Gasteiger partial charge in [0, 0.05) is 48.3 Å². The molecule has 0 spiro atoms. The Labute approximate surface area is 119 Å². The molecule has 2 nitrogen and oxygen atoms in total. The van der Waals surface area contributed by atoms with E-state index in [1.54, 1.807) is 0 Å². The van der Waals surface area contributed by atoms with Gasteiger partial charge in [0.1, 0.15) is 0 Å². The van der Waals surface area contributed by atoms with Crippen molar-refractivity contribution in [2.24, 2.45) is 0 Å². The smallest absolute Gasteiger partial charge is 0.0367 e. The Kier molecular flexibility index (Phi) is 5.73. The van der Waals surface area contributed by atoms with Gasteiger partial charge in [-0.05, 0) is 37.6 Å². The van der Waals surface area contributed by atoms with Gasteiger partial charge >= 0.3 is 0 Å². The van der Waals surface area contributed by atoms with E-state index in [2.05, 4.69) is 47.4 Å². The van der Waals surface area contributed by atoms with Crippen molar-refractivity contribution in [3.8, 4) is 0 Å². The summed E-state index contributed by atoms with van der Waals surface area (Å²) >= 11 is 3.87. The van der Waals surface area contributed by atoms with Crippen molar-refractivity contribution < 1.29 is 0 Å². The second kappa shape index (κ2) is 7.31. The Morgan fingerprint density at radius 1 is 1.00 bits per heavy atom. The third-order valence-electron chi connectivity index (χ3n) is 3.26. The molecular weight excluding hydrogens is 260 g/mol. The van der Waals surface area contributed by atoms with Crippen LogP contribution in [0, 0.1) is 0 Å². The van der Waals surface area contributed by atoms with E-state index in [9.17, 15) is 0 Å². The number of thioether (sulfide) groups is 2. The highest BCUT2D eigenvalue weighted by atomic mass is 32.2. The van der Waals surface area contributed by atoms with E-state index in [4.69, 9.17) is 0 Å². The second-order valence-corrected chi connectivity index (χ2v) is 6.78. The van der Waals surface area contributed by atoms with Crippen molar-refractivity contribution in [1.82, 2.24) is 4.90 Å². The molecule has 0 aliphatic carbocycles. The zero-order valence-electron chi connectivity index (χ0n) is 11.3. The summed E-state index contributed by atoms with van der Waals surface area (Å²) in [7, 11) is 2.20. The number of hydrogen-bond donors (Lipinski definition) is 0. The van der Waals surface area contributed by atoms with Gasteiger partial charge in [-0.3, -0.25) is 0 Å². The third kappa shape index (κ3) is 4.11. The normalized spacial score (nSPS) is 17.1. The van der Waals surface area contributed by atoms with Crippen LogP contribution < -0.4 is 4.90 Å². The number of likely N-dealkylation sites (N-methyl/N-ethyl adjacent to an activating group) is 1. The lowest BCUT2D eigenvalue weighted by Gasteiger charge is -2.34. The minimum atomic E-state index is 1.15. The van der Waals surface area contributed by atoms with E-state index in [1.165, 1.54) is 35.2 Å². The van der Waals surface area contributed by atoms with Crippen LogP contribution in [0.15, 0.2) is 29.2 Å². The van der Waals surface area contributed by atoms with Crippen LogP contribution in [-0.2, 0) is 0 Å². The average Bonchev–Trinajstić information content (AvgIpc) is 2.41. The second-order valence-electron chi connectivity index (χ2n) is 4.63. The van der Waals surface area contributed by atoms with E-state index in [0.29, 0.717) is 0 Å². The molecule has 1 heterocycles. The molecule has 1 saturated heterocycles. The maximum Gasteiger partial charge on any atom is 0.0367 e. The molecule has 0 atom stereocenters. The van der Waals surface area contributed by atoms with Gasteiger partial charge in [-0.2, -0.15) is 11.8 Å². The summed E-state index contributed by atoms with van der Waals surface area (Å²) in [5.41, 5.74) is 1.37. The molecular formula is C14H22N2S2. The number of piperazine rings is 1. The summed E-state index contributed by atoms with van der Waals surface area (Å²) in [4.78, 5) is 6.27. The van der Waals surface area contributed by atoms with Crippen molar-refractivity contribution in [1.29, 1.82) is 0 Å². The molecule has 0 radical (unpaired) electrons. The number of hydrogen-bond acceptors (Lipinski definition) is 4. The molecule has 0 saturated carbocycles. The van der Waals surface area contributed by atoms with Gasteiger partial charge in [0.2, 0.25) is 0 Å². The van der Waals surface area contributed by atoms with E-state index in [-0.39, 0.29) is 0 Å². The van der Waals surface area contributed by atoms with E-state index in [0.717, 1.165) is 13.1 Å². The van der Waals surface area contributed by atoms with Crippen LogP contribution in [0.5, 0.6) is 0 Å². The zero-order valence-corrected chi connectivity index (χ0v) is 12.9. The monoisotopic (exact) mass is 282 g/mol. The highest BCUT2D eigenvalue weighted by Crippen LogP contribution is 2.23. The van der Waals surface area contributed by atoms with Crippen molar-refractivity contribution in [2.45, 2.75) is 4.90 Å². The fourth-order valence-corrected chi connectivity index (χ4v) is 3.62. The lowest BCUT2D eigenvalue weighted by molar-refractivity contribution is 0.313. The molecule has 1 aromatic rings. The Morgan fingerprint density at radius 3 is 2.28 bits per heavy atom. The lowest BCUT2D eigenvalue weighted by atomic mass is 10.2. The zero-order chi connectivity index (χ0) is 12.8. The van der Waals surface area contributed by atoms with Gasteiger partial charge < -0.3 is 9.80 Å². The predicted octanol–water partition coefficient (Wildman–Crippen LogP) is 2.89. The predicted molar refractivity (Wildman–Crippen MR) is 85.3 cm³/mol. The van der Waals surface area contributed by atoms with E-state index in [1.807, 2.05) is 23.5 Å². The highest BCUT2D eigenvalue weighted by Gasteiger charge is 2.13. The molecule has 2 rings (SSSR count). The molecule has 1 aromatic carbocycles. The first-order chi connectivity index (χ1) is 8.79. The van der Waals surface area contributed by atoms with Crippen molar-refractivity contribution in [3.05, 3.63) is 24.3 Å². The van der Waals surface area contributed by atoms with Crippen LogP contribution in [0.3, 0.4) is 0 Å². The highest BCUT2D eigenvalue weighted by molar-refractivity contribution is 8.02. The van der Waals surface area contributed by atoms with Crippen LogP contribution in [0.1, 0.15) is 0 Å². The van der Waals surface area contributed by atoms with Gasteiger partial charge in [0.25, 0.3) is 0 Å². The maximum atomic E-state index is 2.48. The largest absolute Gasteiger partial charge is 0.369 e. The minimum Gasteiger partial charge on any atom is -0.369 e. The quantitative estimate of drug-likeness (QED) is 0.605. The van der Waals surface area contributed by atoms with E-state index < -0.39 is 0 Å². The summed E-state index contributed by atoms with van der Waals surface area (Å²) in [5.74, 6) is 2.43. The summed E-state index contributed by atoms with van der Waals surface area (Å²) in [6.07, 6.45) is 2.16. The average molecular weight is 282 g/mol. The molecule has 0 bridgehead atoms. The Hall–Kier alpha value is -0.320. The van der Waals surface area contributed by atoms with Crippen LogP contribution in [0.25, 0.3) is 0 Å². The van der Waals surface area contributed by atoms with Crippen LogP contribution in [0.4, 0.5) is 5.69 Å². The first-order valence-electron chi connectivity index (χ1n) is 6.45. The molecule has 0 amide bonds. The van der Waals surface area contributed by atoms with E-state index >= 15 is 0 Å². The number of anilines is 1. The molecule has 0 unspecified atom stereocenters. The maximum absolute atomic E-state index is 2.48. The van der Waals surface area contributed by atoms with Crippen molar-refractivity contribution in [3.63, 3.8) is 0 Å². The fourth-order valence-electron chi connectivity index (χ4n) is 2.06. The molecule has 0 aromatic heterocycles. The van der Waals surface area contributed by atoms with Gasteiger partial charge in [-0.15, -0.1) is 11.8 Å². The van der Waals surface area contributed by atoms with Crippen molar-refractivity contribution in [2.75, 3.05) is 55.9 Å². The van der Waals surface area contributed by atoms with Crippen molar-refractivity contribution >= 4 is 29.2 Å². The molecule has 1 aliphatic heterocycles. The summed E-state index contributed by atoms with van der Waals surface area (Å²) in [6, 6.07) is 9.07. The number of nitrogens with zero attached hydrogens (tertiary/aromatic N) is 2. The van der Waals surface area contributed by atoms with Gasteiger partial charge in [-0.1, -0.05) is 0 Å². The third-order valence-corrected chi connectivity index (χ3v) is 5.15. The Bertz CT molecular complexity index is 345. The van der Waals surface area contributed by atoms with Gasteiger partial charge in [-0.25, -0.2) is 0 Å². The molecule has 1 aliphatic rings. The Morgan fingerprint density at radius 2 is 1.67 bits per heavy atom. The molecule has 100 valence electrons. The lowest BCUT2D eigenvalue weighted by Crippen LogP contribution is -2.44. The minimum absolute atomic E-state index is 1.15. The van der Waals surface area contributed by atoms with Crippen LogP contribution in [-0.4, -0.2) is 55.9 Å². The summed E-state index contributed by atoms with van der Waals surface area (Å²) < 4.78 is 0. The topological polar surface area (TPSA) is 6.48 Å². The molecule has 0 N–H and O–H groups in total. The molecule has 4 heteroatoms. The van der Waals surface area contributed by atoms with Crippen LogP contribution >= 0.6 is 23.5 Å².